The molecule has 1 aromatic heterocycles. The molecule has 6 rings (SSSR count). The number of nitrogens with zero attached hydrogens (tertiary/aromatic N) is 1. The van der Waals surface area contributed by atoms with Crippen LogP contribution >= 0.6 is 11.6 Å². The molecule has 12 nitrogen and oxygen atoms in total. The van der Waals surface area contributed by atoms with E-state index in [1.54, 1.807) is 31.4 Å². The van der Waals surface area contributed by atoms with Gasteiger partial charge in [-0.3, -0.25) is 14.9 Å². The number of aryl methyl sites for hydroxylation is 1. The fourth-order valence-corrected chi connectivity index (χ4v) is 10.4. The molecule has 0 aliphatic heterocycles. The Morgan fingerprint density at radius 3 is 2.38 bits per heavy atom. The number of aromatic nitrogens is 1. The highest BCUT2D eigenvalue weighted by Gasteiger charge is 2.40. The van der Waals surface area contributed by atoms with E-state index in [2.05, 4.69) is 73.7 Å². The van der Waals surface area contributed by atoms with E-state index in [1.807, 2.05) is 54.6 Å². The van der Waals surface area contributed by atoms with E-state index in [9.17, 15) is 19.5 Å². The molecule has 0 saturated heterocycles. The Bertz CT molecular complexity index is 2560. The molecule has 5 N–H and O–H groups in total. The first-order valence-electron chi connectivity index (χ1n) is 24.7. The second-order valence-corrected chi connectivity index (χ2v) is 25.2. The van der Waals surface area contributed by atoms with Crippen molar-refractivity contribution in [3.63, 3.8) is 0 Å². The number of ether oxygens (including phenoxy) is 2. The second-order valence-electron chi connectivity index (χ2n) is 20.1. The van der Waals surface area contributed by atoms with Gasteiger partial charge in [0.2, 0.25) is 11.5 Å². The molecular formula is C55H74ClN5O7Si. The summed E-state index contributed by atoms with van der Waals surface area (Å²) in [5.41, 5.74) is 5.70. The van der Waals surface area contributed by atoms with Gasteiger partial charge < -0.3 is 39.5 Å². The lowest BCUT2D eigenvalue weighted by Crippen LogP contribution is -2.43. The van der Waals surface area contributed by atoms with Crippen LogP contribution in [0.25, 0.3) is 22.0 Å². The normalized spacial score (nSPS) is 15.8. The number of halogens is 1. The van der Waals surface area contributed by atoms with Crippen molar-refractivity contribution < 1.29 is 28.6 Å². The van der Waals surface area contributed by atoms with E-state index in [-0.39, 0.29) is 34.8 Å². The van der Waals surface area contributed by atoms with Crippen molar-refractivity contribution in [2.24, 2.45) is 0 Å². The molecule has 1 aliphatic carbocycles. The van der Waals surface area contributed by atoms with Crippen molar-refractivity contribution in [3.05, 3.63) is 117 Å². The Kier molecular flexibility index (Phi) is 18.9. The number of amides is 2. The monoisotopic (exact) mass is 980 g/mol. The molecule has 4 aromatic carbocycles. The molecule has 14 heteroatoms. The summed E-state index contributed by atoms with van der Waals surface area (Å²) in [7, 11) is 1.51. The summed E-state index contributed by atoms with van der Waals surface area (Å²) in [5.74, 6) is 0.368. The highest BCUT2D eigenvalue weighted by Crippen LogP contribution is 2.41. The van der Waals surface area contributed by atoms with E-state index in [1.165, 1.54) is 31.7 Å². The predicted molar refractivity (Wildman–Crippen MR) is 283 cm³/mol. The standard InChI is InChI=1S/C55H74ClN5O7Si/c1-9-10-11-15-31-61(5)40-22-24-41(25-23-40)67-54(65)59-46-32-37(21-26-42(46)38-18-13-12-14-19-38)17-16-20-51(63)58-47-34-49(66-6)39(33-45(47)56)35-57-36-50(68-69(7,8)55(2,3)4)43-27-29-48(62)53-44(43)28-30-52(64)60-53/h12-14,18-19,21,26-30,32-34,40-41,50,57,62H,9-11,15-17,20,22-25,31,35-36H2,1-8H3,(H,58,63)(H,59,65)(H,60,64)/t40?,41?,50-/m0/s1. The number of unbranched alkanes of at least 4 members (excludes halogenated alkanes) is 3. The highest BCUT2D eigenvalue weighted by atomic mass is 35.5. The molecule has 5 aromatic rings. The Labute approximate surface area is 415 Å². The summed E-state index contributed by atoms with van der Waals surface area (Å²) in [5, 5.41) is 21.2. The van der Waals surface area contributed by atoms with Gasteiger partial charge in [0.15, 0.2) is 8.32 Å². The van der Waals surface area contributed by atoms with Gasteiger partial charge in [-0.1, -0.05) is 107 Å². The van der Waals surface area contributed by atoms with Crippen molar-refractivity contribution in [1.82, 2.24) is 15.2 Å². The zero-order chi connectivity index (χ0) is 49.7. The van der Waals surface area contributed by atoms with E-state index < -0.39 is 20.5 Å². The maximum atomic E-state index is 13.4. The fourth-order valence-electron chi connectivity index (χ4n) is 8.89. The Morgan fingerprint density at radius 2 is 1.67 bits per heavy atom. The van der Waals surface area contributed by atoms with Crippen LogP contribution in [0, 0.1) is 0 Å². The number of phenolic OH excluding ortho intramolecular Hbond substituents is 1. The van der Waals surface area contributed by atoms with Gasteiger partial charge in [0.25, 0.3) is 0 Å². The van der Waals surface area contributed by atoms with Gasteiger partial charge >= 0.3 is 6.09 Å². The number of pyridine rings is 1. The van der Waals surface area contributed by atoms with Crippen LogP contribution < -0.4 is 26.2 Å². The lowest BCUT2D eigenvalue weighted by molar-refractivity contribution is -0.116. The molecule has 69 heavy (non-hydrogen) atoms. The third-order valence-corrected chi connectivity index (χ3v) is 18.8. The molecule has 1 atom stereocenters. The first kappa shape index (κ1) is 53.2. The second kappa shape index (κ2) is 24.6. The Balaban J connectivity index is 1.05. The number of hydrogen-bond acceptors (Lipinski definition) is 9. The molecule has 372 valence electrons. The quantitative estimate of drug-likeness (QED) is 0.0337. The minimum Gasteiger partial charge on any atom is -0.506 e. The lowest BCUT2D eigenvalue weighted by atomic mass is 9.92. The van der Waals surface area contributed by atoms with E-state index >= 15 is 0 Å². The molecule has 1 heterocycles. The predicted octanol–water partition coefficient (Wildman–Crippen LogP) is 12.7. The van der Waals surface area contributed by atoms with Crippen molar-refractivity contribution >= 4 is 54.2 Å². The van der Waals surface area contributed by atoms with Gasteiger partial charge in [0.1, 0.15) is 17.6 Å². The van der Waals surface area contributed by atoms with Gasteiger partial charge in [-0.05, 0) is 118 Å². The number of aromatic hydroxyl groups is 1. The third kappa shape index (κ3) is 14.7. The van der Waals surface area contributed by atoms with Crippen LogP contribution in [0.4, 0.5) is 16.2 Å². The molecule has 1 saturated carbocycles. The number of carbonyl (C=O) groups excluding carboxylic acids is 2. The summed E-state index contributed by atoms with van der Waals surface area (Å²) < 4.78 is 18.8. The topological polar surface area (TPSA) is 154 Å². The number of rotatable bonds is 22. The number of phenols is 1. The molecule has 2 amide bonds. The van der Waals surface area contributed by atoms with Gasteiger partial charge in [0.05, 0.1) is 35.1 Å². The van der Waals surface area contributed by atoms with Crippen LogP contribution in [0.3, 0.4) is 0 Å². The van der Waals surface area contributed by atoms with Gasteiger partial charge in [-0.2, -0.15) is 0 Å². The maximum absolute atomic E-state index is 13.4. The Morgan fingerprint density at radius 1 is 0.913 bits per heavy atom. The molecule has 0 radical (unpaired) electrons. The minimum atomic E-state index is -2.29. The summed E-state index contributed by atoms with van der Waals surface area (Å²) in [6.45, 7) is 15.1. The number of H-pyrrole nitrogens is 1. The van der Waals surface area contributed by atoms with E-state index in [0.29, 0.717) is 65.0 Å². The number of methoxy groups -OCH3 is 1. The first-order valence-corrected chi connectivity index (χ1v) is 28.0. The lowest BCUT2D eigenvalue weighted by Gasteiger charge is -2.39. The fraction of sp³-hybridized carbons (Fsp3) is 0.473. The molecule has 1 aliphatic rings. The molecule has 0 unspecified atom stereocenters. The molecular weight excluding hydrogens is 906 g/mol. The van der Waals surface area contributed by atoms with Crippen LogP contribution in [-0.4, -0.2) is 74.7 Å². The van der Waals surface area contributed by atoms with Crippen LogP contribution in [0.5, 0.6) is 11.5 Å². The largest absolute Gasteiger partial charge is 0.506 e. The van der Waals surface area contributed by atoms with Crippen LogP contribution in [0.2, 0.25) is 23.2 Å². The number of hydrogen-bond donors (Lipinski definition) is 5. The van der Waals surface area contributed by atoms with Gasteiger partial charge in [-0.25, -0.2) is 4.79 Å². The SMILES string of the molecule is CCCCCCN(C)C1CCC(OC(=O)Nc2cc(CCCC(=O)Nc3cc(OC)c(CNC[C@H](O[Si](C)(C)C(C)(C)C)c4ccc(O)c5[nH]c(=O)ccc45)cc3Cl)ccc2-c2ccccc2)CC1. The van der Waals surface area contributed by atoms with E-state index in [4.69, 9.17) is 25.5 Å². The summed E-state index contributed by atoms with van der Waals surface area (Å²) in [6.07, 6.45) is 9.24. The molecule has 0 spiro atoms. The van der Waals surface area contributed by atoms with Gasteiger partial charge in [-0.15, -0.1) is 0 Å². The maximum Gasteiger partial charge on any atom is 0.411 e. The Hall–Kier alpha value is -5.18. The summed E-state index contributed by atoms with van der Waals surface area (Å²) in [6, 6.07) is 26.7. The smallest absolute Gasteiger partial charge is 0.411 e. The van der Waals surface area contributed by atoms with Crippen molar-refractivity contribution in [1.29, 1.82) is 0 Å². The number of nitrogens with one attached hydrogen (secondary N) is 4. The number of anilines is 2. The van der Waals surface area contributed by atoms with Crippen LogP contribution in [-0.2, 0) is 26.9 Å². The van der Waals surface area contributed by atoms with Crippen molar-refractivity contribution in [2.75, 3.05) is 37.9 Å². The molecule has 1 fully saturated rings. The average Bonchev–Trinajstić information content (AvgIpc) is 3.31. The summed E-state index contributed by atoms with van der Waals surface area (Å²) >= 11 is 6.81. The summed E-state index contributed by atoms with van der Waals surface area (Å²) in [4.78, 5) is 44.2. The first-order chi connectivity index (χ1) is 33.0. The van der Waals surface area contributed by atoms with E-state index in [0.717, 1.165) is 60.0 Å². The zero-order valence-corrected chi connectivity index (χ0v) is 43.7. The van der Waals surface area contributed by atoms with Crippen molar-refractivity contribution in [2.45, 2.75) is 141 Å². The number of fused-ring (bicyclic) bond motifs is 1. The number of aromatic amines is 1. The van der Waals surface area contributed by atoms with Crippen molar-refractivity contribution in [3.8, 4) is 22.6 Å². The third-order valence-electron chi connectivity index (χ3n) is 14.0. The number of benzene rings is 4. The van der Waals surface area contributed by atoms with Crippen LogP contribution in [0.1, 0.15) is 115 Å². The number of carbonyl (C=O) groups is 2. The molecule has 0 bridgehead atoms. The zero-order valence-electron chi connectivity index (χ0n) is 41.9. The average molecular weight is 981 g/mol. The van der Waals surface area contributed by atoms with Gasteiger partial charge in [0, 0.05) is 54.2 Å². The minimum absolute atomic E-state index is 0.00735. The highest BCUT2D eigenvalue weighted by molar-refractivity contribution is 6.74. The van der Waals surface area contributed by atoms with Crippen LogP contribution in [0.15, 0.2) is 89.7 Å².